The Hall–Kier alpha value is -5.68. The van der Waals surface area contributed by atoms with Crippen LogP contribution in [0, 0.1) is 0 Å². The largest absolute Gasteiger partial charge is 0.496 e. The van der Waals surface area contributed by atoms with E-state index in [1.807, 2.05) is 0 Å². The Bertz CT molecular complexity index is 1860. The number of morpholine rings is 1. The highest BCUT2D eigenvalue weighted by Gasteiger charge is 2.25. The maximum absolute atomic E-state index is 13.8. The predicted octanol–water partition coefficient (Wildman–Crippen LogP) is 3.51. The van der Waals surface area contributed by atoms with Crippen LogP contribution in [0.25, 0.3) is 0 Å². The molecule has 4 aromatic rings. The van der Waals surface area contributed by atoms with Crippen LogP contribution in [0.15, 0.2) is 78.1 Å². The summed E-state index contributed by atoms with van der Waals surface area (Å²) >= 11 is 0. The third kappa shape index (κ3) is 9.23. The Morgan fingerprint density at radius 1 is 0.898 bits per heavy atom. The van der Waals surface area contributed by atoms with E-state index in [1.54, 1.807) is 47.4 Å². The Kier molecular flexibility index (Phi) is 11.6. The molecule has 2 aromatic heterocycles. The number of ether oxygens (including phenoxy) is 6. The summed E-state index contributed by atoms with van der Waals surface area (Å²) in [6.07, 6.45) is 1.76. The number of sulfonamides is 1. The van der Waals surface area contributed by atoms with Crippen molar-refractivity contribution in [2.24, 2.45) is 0 Å². The standard InChI is InChI=1S/C32H34N6O10S/c1-43-24-11-10-23(19-22(24)20-28(39)38-13-15-45-16-14-38)49(41,42)37-30-29(48-26-8-4-3-7-25(26)44-2)31(35-21-34-30)46-17-18-47-32(40)36-27-9-5-6-12-33-27/h3-12,19,21H,13-18,20H2,1-2H3,(H,33,36,40)(H,34,35,37). The summed E-state index contributed by atoms with van der Waals surface area (Å²) in [5, 5.41) is 2.48. The fourth-order valence-electron chi connectivity index (χ4n) is 4.62. The summed E-state index contributed by atoms with van der Waals surface area (Å²) in [5.41, 5.74) is 0.381. The first kappa shape index (κ1) is 34.6. The molecule has 0 spiro atoms. The van der Waals surface area contributed by atoms with Gasteiger partial charge in [0.1, 0.15) is 31.1 Å². The number of benzene rings is 2. The number of aromatic nitrogens is 3. The lowest BCUT2D eigenvalue weighted by molar-refractivity contribution is -0.134. The first-order valence-corrected chi connectivity index (χ1v) is 16.4. The number of hydrogen-bond donors (Lipinski definition) is 2. The molecule has 17 heteroatoms. The number of para-hydroxylation sites is 2. The van der Waals surface area contributed by atoms with Crippen LogP contribution in [0.5, 0.6) is 28.9 Å². The van der Waals surface area contributed by atoms with Crippen molar-refractivity contribution < 1.29 is 46.4 Å². The number of nitrogens with one attached hydrogen (secondary N) is 2. The topological polar surface area (TPSA) is 190 Å². The molecule has 0 bridgehead atoms. The van der Waals surface area contributed by atoms with Crippen LogP contribution in [0.3, 0.4) is 0 Å². The minimum Gasteiger partial charge on any atom is -0.496 e. The summed E-state index contributed by atoms with van der Waals surface area (Å²) in [5.74, 6) is 0.424. The van der Waals surface area contributed by atoms with Crippen LogP contribution in [-0.2, 0) is 30.7 Å². The van der Waals surface area contributed by atoms with Crippen molar-refractivity contribution in [2.45, 2.75) is 11.3 Å². The van der Waals surface area contributed by atoms with Gasteiger partial charge in [0, 0.05) is 24.8 Å². The molecule has 0 unspecified atom stereocenters. The Labute approximate surface area is 282 Å². The molecule has 1 aliphatic rings. The first-order chi connectivity index (χ1) is 23.8. The smallest absolute Gasteiger partial charge is 0.412 e. The number of nitrogens with zero attached hydrogens (tertiary/aromatic N) is 4. The average molecular weight is 695 g/mol. The molecule has 258 valence electrons. The lowest BCUT2D eigenvalue weighted by Gasteiger charge is -2.27. The predicted molar refractivity (Wildman–Crippen MR) is 175 cm³/mol. The number of carbonyl (C=O) groups excluding carboxylic acids is 2. The molecule has 0 aliphatic carbocycles. The first-order valence-electron chi connectivity index (χ1n) is 15.0. The van der Waals surface area contributed by atoms with Gasteiger partial charge in [0.2, 0.25) is 11.7 Å². The zero-order valence-electron chi connectivity index (χ0n) is 26.7. The Balaban J connectivity index is 1.37. The summed E-state index contributed by atoms with van der Waals surface area (Å²) in [6, 6.07) is 15.9. The normalized spacial score (nSPS) is 12.8. The molecule has 16 nitrogen and oxygen atoms in total. The van der Waals surface area contributed by atoms with E-state index in [0.29, 0.717) is 49.2 Å². The molecular formula is C32H34N6O10S. The van der Waals surface area contributed by atoms with E-state index >= 15 is 0 Å². The second kappa shape index (κ2) is 16.4. The molecule has 49 heavy (non-hydrogen) atoms. The van der Waals surface area contributed by atoms with Gasteiger partial charge in [-0.1, -0.05) is 18.2 Å². The highest BCUT2D eigenvalue weighted by atomic mass is 32.2. The minimum atomic E-state index is -4.33. The second-order valence-corrected chi connectivity index (χ2v) is 11.9. The van der Waals surface area contributed by atoms with Gasteiger partial charge in [-0.05, 0) is 42.5 Å². The summed E-state index contributed by atoms with van der Waals surface area (Å²) in [4.78, 5) is 38.9. The zero-order valence-corrected chi connectivity index (χ0v) is 27.5. The van der Waals surface area contributed by atoms with Crippen molar-refractivity contribution in [3.8, 4) is 28.9 Å². The van der Waals surface area contributed by atoms with Crippen LogP contribution in [0.2, 0.25) is 0 Å². The van der Waals surface area contributed by atoms with Crippen LogP contribution in [-0.4, -0.2) is 94.0 Å². The number of pyridine rings is 1. The molecular weight excluding hydrogens is 660 g/mol. The monoisotopic (exact) mass is 694 g/mol. The third-order valence-electron chi connectivity index (χ3n) is 7.00. The number of rotatable bonds is 14. The van der Waals surface area contributed by atoms with E-state index in [2.05, 4.69) is 25.0 Å². The molecule has 3 heterocycles. The van der Waals surface area contributed by atoms with Gasteiger partial charge in [-0.25, -0.2) is 23.2 Å². The fraction of sp³-hybridized carbons (Fsp3) is 0.281. The molecule has 0 saturated carbocycles. The molecule has 0 radical (unpaired) electrons. The number of carbonyl (C=O) groups is 2. The van der Waals surface area contributed by atoms with Crippen molar-refractivity contribution in [3.05, 3.63) is 78.8 Å². The van der Waals surface area contributed by atoms with Crippen molar-refractivity contribution in [1.82, 2.24) is 19.9 Å². The van der Waals surface area contributed by atoms with Gasteiger partial charge in [-0.3, -0.25) is 14.8 Å². The van der Waals surface area contributed by atoms with E-state index in [9.17, 15) is 18.0 Å². The maximum Gasteiger partial charge on any atom is 0.412 e. The molecule has 2 N–H and O–H groups in total. The van der Waals surface area contributed by atoms with Crippen molar-refractivity contribution in [3.63, 3.8) is 0 Å². The van der Waals surface area contributed by atoms with E-state index < -0.39 is 16.1 Å². The van der Waals surface area contributed by atoms with Crippen molar-refractivity contribution in [2.75, 3.05) is 63.8 Å². The van der Waals surface area contributed by atoms with Crippen molar-refractivity contribution in [1.29, 1.82) is 0 Å². The lowest BCUT2D eigenvalue weighted by Crippen LogP contribution is -2.41. The van der Waals surface area contributed by atoms with E-state index in [4.69, 9.17) is 28.4 Å². The van der Waals surface area contributed by atoms with Crippen LogP contribution in [0.4, 0.5) is 16.4 Å². The van der Waals surface area contributed by atoms with Crippen molar-refractivity contribution >= 4 is 33.7 Å². The quantitative estimate of drug-likeness (QED) is 0.183. The van der Waals surface area contributed by atoms with Gasteiger partial charge in [-0.2, -0.15) is 4.98 Å². The molecule has 1 saturated heterocycles. The second-order valence-electron chi connectivity index (χ2n) is 10.2. The third-order valence-corrected chi connectivity index (χ3v) is 8.34. The molecule has 0 atom stereocenters. The van der Waals surface area contributed by atoms with Gasteiger partial charge in [0.15, 0.2) is 17.3 Å². The molecule has 5 rings (SSSR count). The zero-order chi connectivity index (χ0) is 34.6. The maximum atomic E-state index is 13.8. The van der Waals surface area contributed by atoms with Crippen LogP contribution < -0.4 is 29.0 Å². The lowest BCUT2D eigenvalue weighted by atomic mass is 10.1. The molecule has 1 fully saturated rings. The van der Waals surface area contributed by atoms with Gasteiger partial charge in [0.05, 0.1) is 38.7 Å². The van der Waals surface area contributed by atoms with Gasteiger partial charge < -0.3 is 33.3 Å². The Morgan fingerprint density at radius 2 is 1.65 bits per heavy atom. The number of methoxy groups -OCH3 is 2. The number of anilines is 2. The highest BCUT2D eigenvalue weighted by molar-refractivity contribution is 7.92. The SMILES string of the molecule is COc1ccc(S(=O)(=O)Nc2ncnc(OCCOC(=O)Nc3ccccn3)c2Oc2ccccc2OC)cc1CC(=O)N1CCOCC1. The molecule has 2 amide bonds. The van der Waals surface area contributed by atoms with E-state index in [1.165, 1.54) is 38.6 Å². The molecule has 2 aromatic carbocycles. The number of hydrogen-bond acceptors (Lipinski definition) is 13. The minimum absolute atomic E-state index is 0.0812. The van der Waals surface area contributed by atoms with Crippen LogP contribution >= 0.6 is 0 Å². The summed E-state index contributed by atoms with van der Waals surface area (Å²) < 4.78 is 63.0. The summed E-state index contributed by atoms with van der Waals surface area (Å²) in [6.45, 7) is 1.37. The Morgan fingerprint density at radius 3 is 2.39 bits per heavy atom. The molecule has 1 aliphatic heterocycles. The van der Waals surface area contributed by atoms with Crippen LogP contribution in [0.1, 0.15) is 5.56 Å². The van der Waals surface area contributed by atoms with Gasteiger partial charge in [0.25, 0.3) is 15.9 Å². The number of amides is 2. The van der Waals surface area contributed by atoms with E-state index in [0.717, 1.165) is 6.33 Å². The van der Waals surface area contributed by atoms with Gasteiger partial charge >= 0.3 is 6.09 Å². The summed E-state index contributed by atoms with van der Waals surface area (Å²) in [7, 11) is -1.44. The van der Waals surface area contributed by atoms with Gasteiger partial charge in [-0.15, -0.1) is 0 Å². The highest BCUT2D eigenvalue weighted by Crippen LogP contribution is 2.40. The van der Waals surface area contributed by atoms with E-state index in [-0.39, 0.29) is 53.6 Å². The fourth-order valence-corrected chi connectivity index (χ4v) is 5.68. The average Bonchev–Trinajstić information content (AvgIpc) is 3.12.